The summed E-state index contributed by atoms with van der Waals surface area (Å²) in [6, 6.07) is 20.8. The lowest BCUT2D eigenvalue weighted by Gasteiger charge is -2.15. The normalized spacial score (nSPS) is 12.8. The maximum Gasteiger partial charge on any atom is 0.254 e. The second-order valence-corrected chi connectivity index (χ2v) is 5.71. The summed E-state index contributed by atoms with van der Waals surface area (Å²) in [5.74, 6) is 1.50. The molecule has 0 unspecified atom stereocenters. The van der Waals surface area contributed by atoms with Crippen molar-refractivity contribution in [3.63, 3.8) is 0 Å². The van der Waals surface area contributed by atoms with Gasteiger partial charge in [0.2, 0.25) is 0 Å². The molecule has 2 aromatic carbocycles. The van der Waals surface area contributed by atoms with Gasteiger partial charge in [-0.1, -0.05) is 24.3 Å². The van der Waals surface area contributed by atoms with E-state index in [2.05, 4.69) is 4.98 Å². The molecular formula is C20H16N2O2. The first-order valence-electron chi connectivity index (χ1n) is 7.84. The van der Waals surface area contributed by atoms with E-state index in [1.807, 2.05) is 59.5 Å². The highest BCUT2D eigenvalue weighted by molar-refractivity contribution is 5.94. The van der Waals surface area contributed by atoms with Crippen LogP contribution in [-0.4, -0.2) is 15.8 Å². The number of fused-ring (bicyclic) bond motifs is 1. The lowest BCUT2D eigenvalue weighted by atomic mass is 10.2. The van der Waals surface area contributed by atoms with Crippen LogP contribution in [0.5, 0.6) is 11.5 Å². The molecule has 1 amide bonds. The van der Waals surface area contributed by atoms with Crippen LogP contribution in [0, 0.1) is 0 Å². The van der Waals surface area contributed by atoms with Gasteiger partial charge in [0.1, 0.15) is 11.5 Å². The Morgan fingerprint density at radius 1 is 0.875 bits per heavy atom. The van der Waals surface area contributed by atoms with Crippen LogP contribution in [0.4, 0.5) is 0 Å². The number of carbonyl (C=O) groups is 1. The van der Waals surface area contributed by atoms with Crippen molar-refractivity contribution in [2.75, 3.05) is 0 Å². The average Bonchev–Trinajstić information content (AvgIpc) is 3.07. The molecule has 24 heavy (non-hydrogen) atoms. The molecule has 3 aromatic rings. The molecule has 1 aliphatic heterocycles. The molecule has 0 bridgehead atoms. The smallest absolute Gasteiger partial charge is 0.254 e. The Balaban J connectivity index is 1.46. The topological polar surface area (TPSA) is 42.4 Å². The van der Waals surface area contributed by atoms with E-state index in [4.69, 9.17) is 4.74 Å². The van der Waals surface area contributed by atoms with Crippen LogP contribution in [0.25, 0.3) is 0 Å². The van der Waals surface area contributed by atoms with Gasteiger partial charge < -0.3 is 9.64 Å². The van der Waals surface area contributed by atoms with E-state index in [9.17, 15) is 4.79 Å². The number of rotatable bonds is 3. The van der Waals surface area contributed by atoms with Gasteiger partial charge in [0.15, 0.2) is 0 Å². The van der Waals surface area contributed by atoms with E-state index in [-0.39, 0.29) is 5.91 Å². The van der Waals surface area contributed by atoms with Gasteiger partial charge in [-0.3, -0.25) is 9.78 Å². The van der Waals surface area contributed by atoms with Gasteiger partial charge in [-0.25, -0.2) is 0 Å². The lowest BCUT2D eigenvalue weighted by molar-refractivity contribution is 0.0750. The van der Waals surface area contributed by atoms with E-state index in [1.165, 1.54) is 0 Å². The third-order valence-corrected chi connectivity index (χ3v) is 4.05. The van der Waals surface area contributed by atoms with Crippen molar-refractivity contribution in [3.8, 4) is 11.5 Å². The molecule has 118 valence electrons. The summed E-state index contributed by atoms with van der Waals surface area (Å²) in [4.78, 5) is 18.8. The second-order valence-electron chi connectivity index (χ2n) is 5.71. The Bertz CT molecular complexity index is 835. The molecule has 4 rings (SSSR count). The third kappa shape index (κ3) is 2.86. The Labute approximate surface area is 140 Å². The van der Waals surface area contributed by atoms with E-state index in [0.717, 1.165) is 17.0 Å². The fourth-order valence-corrected chi connectivity index (χ4v) is 2.82. The van der Waals surface area contributed by atoms with E-state index in [0.29, 0.717) is 24.4 Å². The first-order chi connectivity index (χ1) is 11.8. The lowest BCUT2D eigenvalue weighted by Crippen LogP contribution is -2.25. The summed E-state index contributed by atoms with van der Waals surface area (Å²) in [5, 5.41) is 0. The monoisotopic (exact) mass is 316 g/mol. The number of ether oxygens (including phenoxy) is 1. The highest BCUT2D eigenvalue weighted by Gasteiger charge is 2.24. The van der Waals surface area contributed by atoms with Gasteiger partial charge in [0.25, 0.3) is 5.91 Å². The number of hydrogen-bond donors (Lipinski definition) is 0. The molecule has 0 aliphatic carbocycles. The molecule has 4 heteroatoms. The summed E-state index contributed by atoms with van der Waals surface area (Å²) < 4.78 is 5.75. The molecule has 2 heterocycles. The number of nitrogens with zero attached hydrogens (tertiary/aromatic N) is 2. The minimum atomic E-state index is 0.0132. The van der Waals surface area contributed by atoms with Crippen LogP contribution in [0.2, 0.25) is 0 Å². The van der Waals surface area contributed by atoms with Crippen LogP contribution in [-0.2, 0) is 13.1 Å². The standard InChI is InChI=1S/C20H16N2O2/c23-20(22-13-16-5-4-12-21-19(16)14-22)15-8-10-18(11-9-15)24-17-6-2-1-3-7-17/h1-12H,13-14H2. The van der Waals surface area contributed by atoms with Crippen molar-refractivity contribution < 1.29 is 9.53 Å². The second kappa shape index (κ2) is 6.16. The Morgan fingerprint density at radius 3 is 2.38 bits per heavy atom. The minimum Gasteiger partial charge on any atom is -0.457 e. The molecule has 1 aliphatic rings. The van der Waals surface area contributed by atoms with E-state index in [1.54, 1.807) is 18.3 Å². The number of hydrogen-bond acceptors (Lipinski definition) is 3. The highest BCUT2D eigenvalue weighted by atomic mass is 16.5. The summed E-state index contributed by atoms with van der Waals surface area (Å²) >= 11 is 0. The van der Waals surface area contributed by atoms with Gasteiger partial charge >= 0.3 is 0 Å². The first-order valence-corrected chi connectivity index (χ1v) is 7.84. The molecule has 0 spiro atoms. The van der Waals surface area contributed by atoms with Crippen LogP contribution in [0.1, 0.15) is 21.6 Å². The zero-order chi connectivity index (χ0) is 16.4. The summed E-state index contributed by atoms with van der Waals surface area (Å²) in [5.41, 5.74) is 2.76. The predicted octanol–water partition coefficient (Wildman–Crippen LogP) is 4.03. The van der Waals surface area contributed by atoms with Crippen LogP contribution in [0.3, 0.4) is 0 Å². The number of carbonyl (C=O) groups excluding carboxylic acids is 1. The van der Waals surface area contributed by atoms with Crippen molar-refractivity contribution >= 4 is 5.91 Å². The van der Waals surface area contributed by atoms with Gasteiger partial charge in [-0.05, 0) is 48.0 Å². The van der Waals surface area contributed by atoms with Gasteiger partial charge in [-0.15, -0.1) is 0 Å². The summed E-state index contributed by atoms with van der Waals surface area (Å²) in [7, 11) is 0. The molecule has 0 N–H and O–H groups in total. The Morgan fingerprint density at radius 2 is 1.62 bits per heavy atom. The molecular weight excluding hydrogens is 300 g/mol. The first kappa shape index (κ1) is 14.5. The zero-order valence-corrected chi connectivity index (χ0v) is 13.1. The third-order valence-electron chi connectivity index (χ3n) is 4.05. The molecule has 4 nitrogen and oxygen atoms in total. The quantitative estimate of drug-likeness (QED) is 0.732. The minimum absolute atomic E-state index is 0.0132. The van der Waals surface area contributed by atoms with Gasteiger partial charge in [0.05, 0.1) is 12.2 Å². The van der Waals surface area contributed by atoms with Crippen molar-refractivity contribution in [3.05, 3.63) is 89.7 Å². The molecule has 0 fully saturated rings. The van der Waals surface area contributed by atoms with Crippen molar-refractivity contribution in [2.24, 2.45) is 0 Å². The fourth-order valence-electron chi connectivity index (χ4n) is 2.82. The molecule has 0 saturated carbocycles. The number of aromatic nitrogens is 1. The molecule has 0 atom stereocenters. The number of para-hydroxylation sites is 1. The van der Waals surface area contributed by atoms with Gasteiger partial charge in [-0.2, -0.15) is 0 Å². The van der Waals surface area contributed by atoms with Crippen molar-refractivity contribution in [2.45, 2.75) is 13.1 Å². The zero-order valence-electron chi connectivity index (χ0n) is 13.1. The van der Waals surface area contributed by atoms with Crippen LogP contribution < -0.4 is 4.74 Å². The average molecular weight is 316 g/mol. The van der Waals surface area contributed by atoms with E-state index < -0.39 is 0 Å². The number of benzene rings is 2. The molecule has 1 aromatic heterocycles. The number of amides is 1. The molecule has 0 saturated heterocycles. The summed E-state index contributed by atoms with van der Waals surface area (Å²) in [6.07, 6.45) is 1.77. The van der Waals surface area contributed by atoms with Crippen molar-refractivity contribution in [1.82, 2.24) is 9.88 Å². The Kier molecular flexibility index (Phi) is 3.71. The van der Waals surface area contributed by atoms with Gasteiger partial charge in [0, 0.05) is 18.3 Å². The predicted molar refractivity (Wildman–Crippen MR) is 90.8 cm³/mol. The maximum atomic E-state index is 12.6. The summed E-state index contributed by atoms with van der Waals surface area (Å²) in [6.45, 7) is 1.18. The van der Waals surface area contributed by atoms with Crippen LogP contribution >= 0.6 is 0 Å². The van der Waals surface area contributed by atoms with Crippen molar-refractivity contribution in [1.29, 1.82) is 0 Å². The highest BCUT2D eigenvalue weighted by Crippen LogP contribution is 2.24. The largest absolute Gasteiger partial charge is 0.457 e. The molecule has 0 radical (unpaired) electrons. The van der Waals surface area contributed by atoms with Crippen LogP contribution in [0.15, 0.2) is 72.9 Å². The Hall–Kier alpha value is -3.14. The SMILES string of the molecule is O=C(c1ccc(Oc2ccccc2)cc1)N1Cc2cccnc2C1. The maximum absolute atomic E-state index is 12.6. The fraction of sp³-hybridized carbons (Fsp3) is 0.100. The van der Waals surface area contributed by atoms with E-state index >= 15 is 0 Å². The number of pyridine rings is 1.